The summed E-state index contributed by atoms with van der Waals surface area (Å²) in [5.41, 5.74) is 5.46. The number of carboxylic acids is 1. The maximum Gasteiger partial charge on any atom is 0.330 e. The minimum Gasteiger partial charge on any atom is -0.480 e. The van der Waals surface area contributed by atoms with Crippen molar-refractivity contribution in [1.29, 1.82) is 0 Å². The van der Waals surface area contributed by atoms with Crippen LogP contribution in [0, 0.1) is 0 Å². The first-order valence-electron chi connectivity index (χ1n) is 5.60. The zero-order chi connectivity index (χ0) is 15.7. The minimum absolute atomic E-state index is 0.206. The maximum absolute atomic E-state index is 11.4. The van der Waals surface area contributed by atoms with Crippen LogP contribution in [-0.4, -0.2) is 54.6 Å². The first-order chi connectivity index (χ1) is 9.27. The van der Waals surface area contributed by atoms with Gasteiger partial charge in [0.15, 0.2) is 0 Å². The van der Waals surface area contributed by atoms with Crippen LogP contribution in [0.5, 0.6) is 0 Å². The van der Waals surface area contributed by atoms with E-state index in [0.717, 1.165) is 19.3 Å². The Balaban J connectivity index is 4.15. The van der Waals surface area contributed by atoms with Crippen LogP contribution in [0.4, 0.5) is 0 Å². The molecule has 2 atom stereocenters. The van der Waals surface area contributed by atoms with Crippen molar-refractivity contribution in [3.63, 3.8) is 0 Å². The fraction of sp³-hybridized carbons (Fsp3) is 0.455. The molecule has 0 aromatic carbocycles. The predicted molar refractivity (Wildman–Crippen MR) is 67.4 cm³/mol. The third-order valence-electron chi connectivity index (χ3n) is 2.13. The molecule has 0 heterocycles. The van der Waals surface area contributed by atoms with Crippen molar-refractivity contribution >= 4 is 23.8 Å². The summed E-state index contributed by atoms with van der Waals surface area (Å²) in [7, 11) is 1.16. The van der Waals surface area contributed by atoms with Gasteiger partial charge in [0, 0.05) is 18.7 Å². The summed E-state index contributed by atoms with van der Waals surface area (Å²) in [6, 6.07) is -2.18. The molecule has 1 unspecified atom stereocenters. The van der Waals surface area contributed by atoms with Gasteiger partial charge in [-0.15, -0.1) is 0 Å². The second-order valence-electron chi connectivity index (χ2n) is 3.78. The number of methoxy groups -OCH3 is 1. The van der Waals surface area contributed by atoms with Gasteiger partial charge >= 0.3 is 11.9 Å². The van der Waals surface area contributed by atoms with Crippen LogP contribution in [0.1, 0.15) is 6.92 Å². The molecule has 0 aromatic rings. The molecular formula is C11H17N3O6. The molecule has 0 bridgehead atoms. The molecule has 0 radical (unpaired) electrons. The lowest BCUT2D eigenvalue weighted by Gasteiger charge is -2.14. The van der Waals surface area contributed by atoms with Crippen LogP contribution < -0.4 is 16.4 Å². The molecule has 0 aliphatic heterocycles. The number of rotatable bonds is 7. The molecule has 0 aliphatic rings. The highest BCUT2D eigenvalue weighted by Gasteiger charge is 2.19. The lowest BCUT2D eigenvalue weighted by molar-refractivity contribution is -0.141. The fourth-order valence-corrected chi connectivity index (χ4v) is 0.956. The van der Waals surface area contributed by atoms with Crippen molar-refractivity contribution < 1.29 is 29.0 Å². The highest BCUT2D eigenvalue weighted by molar-refractivity contribution is 5.95. The Labute approximate surface area is 115 Å². The van der Waals surface area contributed by atoms with E-state index in [0.29, 0.717) is 0 Å². The van der Waals surface area contributed by atoms with Crippen LogP contribution in [0.2, 0.25) is 0 Å². The van der Waals surface area contributed by atoms with Gasteiger partial charge in [-0.1, -0.05) is 0 Å². The number of carbonyl (C=O) groups is 4. The monoisotopic (exact) mass is 287 g/mol. The average molecular weight is 287 g/mol. The molecule has 5 N–H and O–H groups in total. The van der Waals surface area contributed by atoms with E-state index in [1.165, 1.54) is 6.92 Å². The number of hydrogen-bond acceptors (Lipinski definition) is 6. The van der Waals surface area contributed by atoms with E-state index in [-0.39, 0.29) is 6.54 Å². The Morgan fingerprint density at radius 3 is 2.40 bits per heavy atom. The molecule has 0 rings (SSSR count). The number of nitrogens with two attached hydrogens (primary N) is 1. The predicted octanol–water partition coefficient (Wildman–Crippen LogP) is -2.25. The first-order valence-corrected chi connectivity index (χ1v) is 5.60. The van der Waals surface area contributed by atoms with Gasteiger partial charge in [0.2, 0.25) is 11.8 Å². The Bertz CT molecular complexity index is 420. The van der Waals surface area contributed by atoms with E-state index in [4.69, 9.17) is 10.8 Å². The van der Waals surface area contributed by atoms with Crippen LogP contribution >= 0.6 is 0 Å². The van der Waals surface area contributed by atoms with Gasteiger partial charge in [0.05, 0.1) is 7.11 Å². The Morgan fingerprint density at radius 2 is 1.90 bits per heavy atom. The van der Waals surface area contributed by atoms with Gasteiger partial charge in [-0.05, 0) is 6.92 Å². The first kappa shape index (κ1) is 17.6. The third-order valence-corrected chi connectivity index (χ3v) is 2.13. The van der Waals surface area contributed by atoms with Gasteiger partial charge in [-0.2, -0.15) is 0 Å². The average Bonchev–Trinajstić information content (AvgIpc) is 2.41. The van der Waals surface area contributed by atoms with Crippen molar-refractivity contribution in [3.8, 4) is 0 Å². The van der Waals surface area contributed by atoms with Crippen LogP contribution in [0.3, 0.4) is 0 Å². The van der Waals surface area contributed by atoms with Gasteiger partial charge in [0.1, 0.15) is 12.1 Å². The second kappa shape index (κ2) is 8.64. The molecule has 112 valence electrons. The van der Waals surface area contributed by atoms with Crippen molar-refractivity contribution in [3.05, 3.63) is 12.2 Å². The second-order valence-corrected chi connectivity index (χ2v) is 3.78. The summed E-state index contributed by atoms with van der Waals surface area (Å²) in [5.74, 6) is -3.24. The Kier molecular flexibility index (Phi) is 7.60. The summed E-state index contributed by atoms with van der Waals surface area (Å²) in [6.07, 6.45) is 1.84. The third kappa shape index (κ3) is 7.11. The molecule has 20 heavy (non-hydrogen) atoms. The maximum atomic E-state index is 11.4. The minimum atomic E-state index is -1.20. The zero-order valence-electron chi connectivity index (χ0n) is 11.1. The number of amides is 2. The zero-order valence-corrected chi connectivity index (χ0v) is 11.1. The van der Waals surface area contributed by atoms with Crippen molar-refractivity contribution in [2.24, 2.45) is 5.73 Å². The topological polar surface area (TPSA) is 148 Å². The summed E-state index contributed by atoms with van der Waals surface area (Å²) in [5, 5.41) is 13.0. The van der Waals surface area contributed by atoms with Crippen LogP contribution in [0.25, 0.3) is 0 Å². The number of esters is 1. The van der Waals surface area contributed by atoms with Crippen LogP contribution in [0.15, 0.2) is 12.2 Å². The smallest absolute Gasteiger partial charge is 0.330 e. The molecule has 0 fully saturated rings. The summed E-state index contributed by atoms with van der Waals surface area (Å²) in [4.78, 5) is 43.9. The van der Waals surface area contributed by atoms with E-state index in [2.05, 4.69) is 15.4 Å². The molecule has 9 nitrogen and oxygen atoms in total. The molecule has 0 spiro atoms. The van der Waals surface area contributed by atoms with E-state index in [1.807, 2.05) is 0 Å². The van der Waals surface area contributed by atoms with E-state index < -0.39 is 35.8 Å². The number of aliphatic carboxylic acids is 1. The standard InChI is InChI=1S/C11H17N3O6/c1-6(11(18)19)14-10(17)7(12)5-13-8(15)3-4-9(16)20-2/h3-4,6-7H,5,12H2,1-2H3,(H,13,15)(H,14,17)(H,18,19)/b4-3+/t6-,7?/m0/s1. The Hall–Kier alpha value is -2.42. The molecule has 0 aliphatic carbocycles. The summed E-state index contributed by atoms with van der Waals surface area (Å²) >= 11 is 0. The van der Waals surface area contributed by atoms with Gasteiger partial charge in [-0.3, -0.25) is 14.4 Å². The SMILES string of the molecule is COC(=O)/C=C/C(=O)NCC(N)C(=O)N[C@@H](C)C(=O)O. The molecule has 0 saturated heterocycles. The van der Waals surface area contributed by atoms with E-state index in [9.17, 15) is 19.2 Å². The summed E-state index contributed by atoms with van der Waals surface area (Å²) in [6.45, 7) is 1.08. The number of nitrogens with one attached hydrogen (secondary N) is 2. The molecule has 9 heteroatoms. The molecule has 2 amide bonds. The van der Waals surface area contributed by atoms with E-state index >= 15 is 0 Å². The lowest BCUT2D eigenvalue weighted by atomic mass is 10.2. The van der Waals surface area contributed by atoms with Crippen LogP contribution in [-0.2, 0) is 23.9 Å². The van der Waals surface area contributed by atoms with Gasteiger partial charge < -0.3 is 26.2 Å². The lowest BCUT2D eigenvalue weighted by Crippen LogP contribution is -2.51. The molecule has 0 aromatic heterocycles. The highest BCUT2D eigenvalue weighted by Crippen LogP contribution is 1.85. The summed E-state index contributed by atoms with van der Waals surface area (Å²) < 4.78 is 4.28. The van der Waals surface area contributed by atoms with Gasteiger partial charge in [-0.25, -0.2) is 4.79 Å². The fourth-order valence-electron chi connectivity index (χ4n) is 0.956. The number of carboxylic acid groups (broad SMARTS) is 1. The van der Waals surface area contributed by atoms with Gasteiger partial charge in [0.25, 0.3) is 0 Å². The van der Waals surface area contributed by atoms with Crippen molar-refractivity contribution in [1.82, 2.24) is 10.6 Å². The number of ether oxygens (including phenoxy) is 1. The number of hydrogen-bond donors (Lipinski definition) is 4. The van der Waals surface area contributed by atoms with E-state index in [1.54, 1.807) is 0 Å². The van der Waals surface area contributed by atoms with Crippen molar-refractivity contribution in [2.45, 2.75) is 19.0 Å². The Morgan fingerprint density at radius 1 is 1.30 bits per heavy atom. The largest absolute Gasteiger partial charge is 0.480 e. The number of carbonyl (C=O) groups excluding carboxylic acids is 3. The molecular weight excluding hydrogens is 270 g/mol. The highest BCUT2D eigenvalue weighted by atomic mass is 16.5. The van der Waals surface area contributed by atoms with Crippen molar-refractivity contribution in [2.75, 3.05) is 13.7 Å². The normalized spacial score (nSPS) is 13.3. The molecule has 0 saturated carbocycles. The quantitative estimate of drug-likeness (QED) is 0.305.